The quantitative estimate of drug-likeness (QED) is 0.564. The molecule has 2 aliphatic rings. The second kappa shape index (κ2) is 12.7. The molecular formula is C22H25F6N5O4. The molecular weight excluding hydrogens is 512 g/mol. The third-order valence-corrected chi connectivity index (χ3v) is 5.71. The highest BCUT2D eigenvalue weighted by atomic mass is 19.4. The largest absolute Gasteiger partial charge is 0.490 e. The lowest BCUT2D eigenvalue weighted by Gasteiger charge is -2.46. The fourth-order valence-electron chi connectivity index (χ4n) is 4.15. The van der Waals surface area contributed by atoms with E-state index in [4.69, 9.17) is 19.8 Å². The van der Waals surface area contributed by atoms with E-state index in [9.17, 15) is 26.3 Å². The molecule has 0 saturated carbocycles. The van der Waals surface area contributed by atoms with Gasteiger partial charge in [-0.1, -0.05) is 6.07 Å². The number of aliphatic carboxylic acids is 2. The number of pyridine rings is 1. The van der Waals surface area contributed by atoms with Crippen LogP contribution in [0.5, 0.6) is 0 Å². The third kappa shape index (κ3) is 9.15. The molecule has 2 aliphatic heterocycles. The van der Waals surface area contributed by atoms with Crippen LogP contribution < -0.4 is 4.90 Å². The van der Waals surface area contributed by atoms with Crippen molar-refractivity contribution in [2.45, 2.75) is 50.1 Å². The van der Waals surface area contributed by atoms with Crippen LogP contribution in [-0.4, -0.2) is 79.5 Å². The molecule has 1 atom stereocenters. The maximum atomic E-state index is 10.6. The van der Waals surface area contributed by atoms with Gasteiger partial charge in [0.1, 0.15) is 0 Å². The summed E-state index contributed by atoms with van der Waals surface area (Å²) in [6, 6.07) is 6.09. The number of halogens is 6. The highest BCUT2D eigenvalue weighted by Gasteiger charge is 2.44. The minimum Gasteiger partial charge on any atom is -0.475 e. The molecule has 2 aromatic heterocycles. The van der Waals surface area contributed by atoms with Crippen molar-refractivity contribution in [2.75, 3.05) is 24.5 Å². The van der Waals surface area contributed by atoms with Crippen LogP contribution in [0.15, 0.2) is 43.0 Å². The van der Waals surface area contributed by atoms with E-state index in [1.54, 1.807) is 0 Å². The van der Waals surface area contributed by atoms with Crippen LogP contribution in [0.25, 0.3) is 0 Å². The van der Waals surface area contributed by atoms with E-state index >= 15 is 0 Å². The molecule has 15 heteroatoms. The van der Waals surface area contributed by atoms with E-state index in [1.807, 2.05) is 36.9 Å². The van der Waals surface area contributed by atoms with Gasteiger partial charge in [-0.3, -0.25) is 9.88 Å². The summed E-state index contributed by atoms with van der Waals surface area (Å²) in [7, 11) is 0. The Kier molecular flexibility index (Phi) is 10.2. The smallest absolute Gasteiger partial charge is 0.475 e. The summed E-state index contributed by atoms with van der Waals surface area (Å²) in [5, 5.41) is 14.2. The van der Waals surface area contributed by atoms with Gasteiger partial charge >= 0.3 is 24.3 Å². The second-order valence-corrected chi connectivity index (χ2v) is 8.29. The molecule has 4 rings (SSSR count). The van der Waals surface area contributed by atoms with Gasteiger partial charge in [0.05, 0.1) is 0 Å². The number of piperidine rings is 1. The molecule has 204 valence electrons. The normalized spacial score (nSPS) is 19.9. The van der Waals surface area contributed by atoms with Gasteiger partial charge in [-0.05, 0) is 49.9 Å². The van der Waals surface area contributed by atoms with Crippen LogP contribution in [0.1, 0.15) is 31.2 Å². The average molecular weight is 537 g/mol. The number of hydrogen-bond acceptors (Lipinski definition) is 7. The van der Waals surface area contributed by atoms with E-state index < -0.39 is 24.3 Å². The molecule has 0 aliphatic carbocycles. The predicted octanol–water partition coefficient (Wildman–Crippen LogP) is 3.77. The zero-order valence-corrected chi connectivity index (χ0v) is 19.4. The van der Waals surface area contributed by atoms with Crippen LogP contribution in [0.2, 0.25) is 0 Å². The molecule has 2 aromatic rings. The zero-order valence-electron chi connectivity index (χ0n) is 19.4. The Morgan fingerprint density at radius 1 is 0.892 bits per heavy atom. The van der Waals surface area contributed by atoms with Gasteiger partial charge in [0.25, 0.3) is 0 Å². The van der Waals surface area contributed by atoms with E-state index in [0.29, 0.717) is 0 Å². The number of aromatic nitrogens is 3. The van der Waals surface area contributed by atoms with Crippen molar-refractivity contribution in [3.8, 4) is 0 Å². The molecule has 2 saturated heterocycles. The van der Waals surface area contributed by atoms with Gasteiger partial charge in [-0.15, -0.1) is 0 Å². The molecule has 1 spiro atoms. The Bertz CT molecular complexity index is 986. The van der Waals surface area contributed by atoms with Crippen LogP contribution in [0.3, 0.4) is 0 Å². The summed E-state index contributed by atoms with van der Waals surface area (Å²) in [4.78, 5) is 36.0. The monoisotopic (exact) mass is 537 g/mol. The van der Waals surface area contributed by atoms with Crippen molar-refractivity contribution < 1.29 is 46.1 Å². The Morgan fingerprint density at radius 3 is 1.92 bits per heavy atom. The molecule has 0 aromatic carbocycles. The van der Waals surface area contributed by atoms with Crippen molar-refractivity contribution in [3.63, 3.8) is 0 Å². The number of rotatable bonds is 3. The number of carboxylic acid groups (broad SMARTS) is 2. The van der Waals surface area contributed by atoms with Crippen LogP contribution in [0, 0.1) is 0 Å². The summed E-state index contributed by atoms with van der Waals surface area (Å²) in [6.07, 6.45) is 2.39. The number of carboxylic acids is 2. The Hall–Kier alpha value is -3.49. The summed E-state index contributed by atoms with van der Waals surface area (Å²) in [5.41, 5.74) is 1.58. The van der Waals surface area contributed by atoms with E-state index in [0.717, 1.165) is 25.6 Å². The summed E-state index contributed by atoms with van der Waals surface area (Å²) >= 11 is 0. The van der Waals surface area contributed by atoms with Crippen molar-refractivity contribution in [1.82, 2.24) is 19.9 Å². The standard InChI is InChI=1S/C18H23N5.2C2HF3O2/c1-5-16(13-19-8-1)14-23-12-3-7-18(23)6-2-11-22(15-18)17-20-9-4-10-21-17;2*3-2(4,5)1(6)7/h1,4-5,8-10,13H,2-3,6-7,11-12,14-15H2;2*(H,6,7). The second-order valence-electron chi connectivity index (χ2n) is 8.29. The molecule has 2 N–H and O–H groups in total. The first-order valence-electron chi connectivity index (χ1n) is 11.0. The zero-order chi connectivity index (χ0) is 27.7. The molecule has 2 fully saturated rings. The lowest BCUT2D eigenvalue weighted by molar-refractivity contribution is -0.193. The van der Waals surface area contributed by atoms with Crippen molar-refractivity contribution in [3.05, 3.63) is 48.5 Å². The number of carbonyl (C=O) groups is 2. The summed E-state index contributed by atoms with van der Waals surface area (Å²) < 4.78 is 63.5. The van der Waals surface area contributed by atoms with Crippen molar-refractivity contribution >= 4 is 17.9 Å². The average Bonchev–Trinajstić information content (AvgIpc) is 3.20. The summed E-state index contributed by atoms with van der Waals surface area (Å²) in [5.74, 6) is -4.64. The fraction of sp³-hybridized carbons (Fsp3) is 0.500. The van der Waals surface area contributed by atoms with Crippen molar-refractivity contribution in [1.29, 1.82) is 0 Å². The predicted molar refractivity (Wildman–Crippen MR) is 117 cm³/mol. The Balaban J connectivity index is 0.000000286. The Labute approximate surface area is 207 Å². The lowest BCUT2D eigenvalue weighted by Crippen LogP contribution is -2.55. The first-order chi connectivity index (χ1) is 17.2. The van der Waals surface area contributed by atoms with E-state index in [1.165, 1.54) is 37.8 Å². The SMILES string of the molecule is O=C(O)C(F)(F)F.O=C(O)C(F)(F)F.c1cnc(N2CCCC3(CCCN3Cc3cccnc3)C2)nc1. The fourth-order valence-corrected chi connectivity index (χ4v) is 4.15. The van der Waals surface area contributed by atoms with Gasteiger partial charge < -0.3 is 15.1 Å². The molecule has 1 unspecified atom stereocenters. The maximum Gasteiger partial charge on any atom is 0.490 e. The minimum atomic E-state index is -5.08. The molecule has 4 heterocycles. The highest BCUT2D eigenvalue weighted by Crippen LogP contribution is 2.38. The summed E-state index contributed by atoms with van der Waals surface area (Å²) in [6.45, 7) is 4.28. The van der Waals surface area contributed by atoms with Gasteiger partial charge in [-0.25, -0.2) is 19.6 Å². The number of anilines is 1. The van der Waals surface area contributed by atoms with Gasteiger partial charge in [0.2, 0.25) is 5.95 Å². The van der Waals surface area contributed by atoms with Crippen LogP contribution in [-0.2, 0) is 16.1 Å². The number of alkyl halides is 6. The molecule has 0 bridgehead atoms. The number of nitrogens with zero attached hydrogens (tertiary/aromatic N) is 5. The molecule has 0 radical (unpaired) electrons. The lowest BCUT2D eigenvalue weighted by atomic mass is 9.86. The van der Waals surface area contributed by atoms with Gasteiger partial charge in [0.15, 0.2) is 0 Å². The van der Waals surface area contributed by atoms with E-state index in [2.05, 4.69) is 30.8 Å². The molecule has 0 amide bonds. The van der Waals surface area contributed by atoms with E-state index in [-0.39, 0.29) is 5.54 Å². The first-order valence-corrected chi connectivity index (χ1v) is 11.0. The topological polar surface area (TPSA) is 120 Å². The Morgan fingerprint density at radius 2 is 1.43 bits per heavy atom. The van der Waals surface area contributed by atoms with Crippen molar-refractivity contribution in [2.24, 2.45) is 0 Å². The molecule has 9 nitrogen and oxygen atoms in total. The molecule has 37 heavy (non-hydrogen) atoms. The first kappa shape index (κ1) is 29.7. The third-order valence-electron chi connectivity index (χ3n) is 5.71. The van der Waals surface area contributed by atoms with Gasteiger partial charge in [-0.2, -0.15) is 26.3 Å². The maximum absolute atomic E-state index is 10.6. The number of likely N-dealkylation sites (tertiary alicyclic amines) is 1. The van der Waals surface area contributed by atoms with Crippen LogP contribution in [0.4, 0.5) is 32.3 Å². The highest BCUT2D eigenvalue weighted by molar-refractivity contribution is 5.73. The van der Waals surface area contributed by atoms with Crippen LogP contribution >= 0.6 is 0 Å². The minimum absolute atomic E-state index is 0.271. The number of hydrogen-bond donors (Lipinski definition) is 2. The van der Waals surface area contributed by atoms with Gasteiger partial charge in [0, 0.05) is 50.0 Å².